The van der Waals surface area contributed by atoms with Crippen LogP contribution in [0.5, 0.6) is 5.75 Å². The van der Waals surface area contributed by atoms with E-state index in [1.807, 2.05) is 24.3 Å². The van der Waals surface area contributed by atoms with E-state index in [0.29, 0.717) is 24.6 Å². The second-order valence-electron chi connectivity index (χ2n) is 7.25. The maximum absolute atomic E-state index is 13.2. The van der Waals surface area contributed by atoms with E-state index in [-0.39, 0.29) is 10.9 Å². The Balaban J connectivity index is 1.35. The maximum Gasteiger partial charge on any atom is 0.255 e. The first kappa shape index (κ1) is 20.8. The average Bonchev–Trinajstić information content (AvgIpc) is 3.22. The van der Waals surface area contributed by atoms with Gasteiger partial charge in [0, 0.05) is 25.4 Å². The van der Waals surface area contributed by atoms with Crippen LogP contribution in [0.15, 0.2) is 42.5 Å². The molecule has 0 spiro atoms. The van der Waals surface area contributed by atoms with Crippen molar-refractivity contribution in [3.05, 3.63) is 74.4 Å². The summed E-state index contributed by atoms with van der Waals surface area (Å²) in [6.45, 7) is 1.23. The molecule has 0 saturated carbocycles. The van der Waals surface area contributed by atoms with Crippen LogP contribution in [-0.4, -0.2) is 41.2 Å². The predicted molar refractivity (Wildman–Crippen MR) is 115 cm³/mol. The smallest absolute Gasteiger partial charge is 0.255 e. The first-order chi connectivity index (χ1) is 14.5. The summed E-state index contributed by atoms with van der Waals surface area (Å²) in [7, 11) is 1.65. The van der Waals surface area contributed by atoms with E-state index in [0.717, 1.165) is 40.6 Å². The highest BCUT2D eigenvalue weighted by Gasteiger charge is 2.27. The van der Waals surface area contributed by atoms with Crippen molar-refractivity contribution in [1.29, 1.82) is 0 Å². The molecule has 1 aliphatic heterocycles. The average molecular weight is 446 g/mol. The van der Waals surface area contributed by atoms with Gasteiger partial charge in [-0.25, -0.2) is 4.39 Å². The number of hydrogen-bond acceptors (Lipinski definition) is 5. The Kier molecular flexibility index (Phi) is 6.29. The molecule has 2 heterocycles. The lowest BCUT2D eigenvalue weighted by Crippen LogP contribution is -2.38. The molecule has 8 heteroatoms. The van der Waals surface area contributed by atoms with Crippen molar-refractivity contribution in [1.82, 2.24) is 15.1 Å². The number of likely N-dealkylation sites (tertiary alicyclic amines) is 1. The molecule has 3 aromatic rings. The summed E-state index contributed by atoms with van der Waals surface area (Å²) in [5.41, 5.74) is 1.50. The van der Waals surface area contributed by atoms with Gasteiger partial charge in [0.05, 0.1) is 17.7 Å². The van der Waals surface area contributed by atoms with Gasteiger partial charge in [-0.05, 0) is 48.7 Å². The van der Waals surface area contributed by atoms with Crippen LogP contribution in [-0.2, 0) is 6.42 Å². The number of carbonyl (C=O) groups excluding carboxylic acids is 1. The minimum atomic E-state index is -0.447. The van der Waals surface area contributed by atoms with Crippen molar-refractivity contribution >= 4 is 28.8 Å². The third-order valence-electron chi connectivity index (χ3n) is 5.29. The Labute approximate surface area is 183 Å². The largest absolute Gasteiger partial charge is 0.497 e. The Bertz CT molecular complexity index is 1030. The molecule has 1 amide bonds. The number of rotatable bonds is 5. The number of carbonyl (C=O) groups is 1. The number of nitrogens with zero attached hydrogens (tertiary/aromatic N) is 3. The summed E-state index contributed by atoms with van der Waals surface area (Å²) in [5.74, 6) is 0.521. The van der Waals surface area contributed by atoms with Crippen LogP contribution in [0, 0.1) is 5.82 Å². The van der Waals surface area contributed by atoms with Crippen molar-refractivity contribution < 1.29 is 13.9 Å². The van der Waals surface area contributed by atoms with Crippen molar-refractivity contribution in [3.8, 4) is 5.75 Å². The molecule has 4 rings (SSSR count). The molecule has 0 unspecified atom stereocenters. The lowest BCUT2D eigenvalue weighted by molar-refractivity contribution is 0.0713. The van der Waals surface area contributed by atoms with Crippen LogP contribution < -0.4 is 4.74 Å². The molecule has 156 valence electrons. The highest BCUT2D eigenvalue weighted by Crippen LogP contribution is 2.32. The van der Waals surface area contributed by atoms with Crippen molar-refractivity contribution in [2.45, 2.75) is 25.2 Å². The van der Waals surface area contributed by atoms with Gasteiger partial charge in [0.1, 0.15) is 21.6 Å². The quantitative estimate of drug-likeness (QED) is 0.557. The van der Waals surface area contributed by atoms with Crippen molar-refractivity contribution in [2.24, 2.45) is 0 Å². The van der Waals surface area contributed by atoms with Crippen LogP contribution in [0.4, 0.5) is 4.39 Å². The molecule has 30 heavy (non-hydrogen) atoms. The standard InChI is InChI=1S/C22H21ClFN3O2S/c1-29-17-5-2-14(3-6-17)12-20-25-26-21(30-20)15-8-10-27(11-9-15)22(28)18-7-4-16(24)13-19(18)23/h2-7,13,15H,8-12H2,1H3. The molecular formula is C22H21ClFN3O2S. The number of ether oxygens (including phenoxy) is 1. The zero-order chi connectivity index (χ0) is 21.1. The molecule has 1 aromatic heterocycles. The van der Waals surface area contributed by atoms with E-state index in [4.69, 9.17) is 16.3 Å². The van der Waals surface area contributed by atoms with Gasteiger partial charge in [0.2, 0.25) is 0 Å². The van der Waals surface area contributed by atoms with E-state index in [9.17, 15) is 9.18 Å². The van der Waals surface area contributed by atoms with E-state index < -0.39 is 5.82 Å². The van der Waals surface area contributed by atoms with Gasteiger partial charge >= 0.3 is 0 Å². The normalized spacial score (nSPS) is 14.7. The minimum Gasteiger partial charge on any atom is -0.497 e. The lowest BCUT2D eigenvalue weighted by Gasteiger charge is -2.31. The molecule has 0 N–H and O–H groups in total. The molecule has 1 aliphatic rings. The van der Waals surface area contributed by atoms with Gasteiger partial charge in [-0.1, -0.05) is 23.7 Å². The van der Waals surface area contributed by atoms with E-state index in [2.05, 4.69) is 10.2 Å². The number of halogens is 2. The number of amides is 1. The number of hydrogen-bond donors (Lipinski definition) is 0. The van der Waals surface area contributed by atoms with Gasteiger partial charge in [-0.15, -0.1) is 21.5 Å². The summed E-state index contributed by atoms with van der Waals surface area (Å²) < 4.78 is 18.4. The molecule has 0 aliphatic carbocycles. The summed E-state index contributed by atoms with van der Waals surface area (Å²) in [6.07, 6.45) is 2.38. The Morgan fingerprint density at radius 1 is 1.20 bits per heavy atom. The molecule has 5 nitrogen and oxygen atoms in total. The summed E-state index contributed by atoms with van der Waals surface area (Å²) >= 11 is 7.68. The number of benzene rings is 2. The molecular weight excluding hydrogens is 425 g/mol. The second kappa shape index (κ2) is 9.10. The monoisotopic (exact) mass is 445 g/mol. The minimum absolute atomic E-state index is 0.148. The zero-order valence-electron chi connectivity index (χ0n) is 16.5. The number of methoxy groups -OCH3 is 1. The van der Waals surface area contributed by atoms with Crippen LogP contribution >= 0.6 is 22.9 Å². The van der Waals surface area contributed by atoms with Gasteiger partial charge in [-0.3, -0.25) is 4.79 Å². The van der Waals surface area contributed by atoms with Crippen LogP contribution in [0.25, 0.3) is 0 Å². The second-order valence-corrected chi connectivity index (χ2v) is 8.75. The molecule has 2 aromatic carbocycles. The first-order valence-electron chi connectivity index (χ1n) is 9.73. The van der Waals surface area contributed by atoms with E-state index >= 15 is 0 Å². The topological polar surface area (TPSA) is 55.3 Å². The zero-order valence-corrected chi connectivity index (χ0v) is 18.0. The van der Waals surface area contributed by atoms with E-state index in [1.54, 1.807) is 23.3 Å². The van der Waals surface area contributed by atoms with Crippen molar-refractivity contribution in [2.75, 3.05) is 20.2 Å². The van der Waals surface area contributed by atoms with Gasteiger partial charge in [0.25, 0.3) is 5.91 Å². The van der Waals surface area contributed by atoms with Crippen LogP contribution in [0.3, 0.4) is 0 Å². The third kappa shape index (κ3) is 4.63. The van der Waals surface area contributed by atoms with Crippen LogP contribution in [0.2, 0.25) is 5.02 Å². The molecule has 0 bridgehead atoms. The lowest BCUT2D eigenvalue weighted by atomic mass is 9.97. The molecule has 0 atom stereocenters. The first-order valence-corrected chi connectivity index (χ1v) is 10.9. The highest BCUT2D eigenvalue weighted by molar-refractivity contribution is 7.11. The highest BCUT2D eigenvalue weighted by atomic mass is 35.5. The predicted octanol–water partition coefficient (Wildman–Crippen LogP) is 4.95. The SMILES string of the molecule is COc1ccc(Cc2nnc(C3CCN(C(=O)c4ccc(F)cc4Cl)CC3)s2)cc1. The third-order valence-corrected chi connectivity index (χ3v) is 6.69. The summed E-state index contributed by atoms with van der Waals surface area (Å²) in [5, 5.41) is 10.9. The van der Waals surface area contributed by atoms with Crippen molar-refractivity contribution in [3.63, 3.8) is 0 Å². The fraction of sp³-hybridized carbons (Fsp3) is 0.318. The van der Waals surface area contributed by atoms with Gasteiger partial charge < -0.3 is 9.64 Å². The molecule has 0 radical (unpaired) electrons. The van der Waals surface area contributed by atoms with E-state index in [1.165, 1.54) is 18.2 Å². The molecule has 1 saturated heterocycles. The number of piperidine rings is 1. The van der Waals surface area contributed by atoms with Crippen LogP contribution in [0.1, 0.15) is 44.7 Å². The maximum atomic E-state index is 13.2. The Morgan fingerprint density at radius 3 is 2.60 bits per heavy atom. The fourth-order valence-electron chi connectivity index (χ4n) is 3.58. The van der Waals surface area contributed by atoms with Gasteiger partial charge in [0.15, 0.2) is 0 Å². The fourth-order valence-corrected chi connectivity index (χ4v) is 4.88. The Hall–Kier alpha value is -2.51. The van der Waals surface area contributed by atoms with Gasteiger partial charge in [-0.2, -0.15) is 0 Å². The Morgan fingerprint density at radius 2 is 1.93 bits per heavy atom. The molecule has 1 fully saturated rings. The number of aromatic nitrogens is 2. The summed E-state index contributed by atoms with van der Waals surface area (Å²) in [6, 6.07) is 11.8. The summed E-state index contributed by atoms with van der Waals surface area (Å²) in [4.78, 5) is 14.5.